The number of aryl methyl sites for hydroxylation is 1. The summed E-state index contributed by atoms with van der Waals surface area (Å²) in [5, 5.41) is 2.97. The van der Waals surface area contributed by atoms with Gasteiger partial charge in [0.2, 0.25) is 5.91 Å². The Balaban J connectivity index is 1.76. The van der Waals surface area contributed by atoms with E-state index in [0.717, 1.165) is 22.0 Å². The smallest absolute Gasteiger partial charge is 0.227 e. The van der Waals surface area contributed by atoms with Gasteiger partial charge in [0.1, 0.15) is 5.75 Å². The number of hydrogen-bond acceptors (Lipinski definition) is 3. The van der Waals surface area contributed by atoms with E-state index in [1.807, 2.05) is 37.3 Å². The van der Waals surface area contributed by atoms with E-state index < -0.39 is 0 Å². The van der Waals surface area contributed by atoms with Crippen LogP contribution in [0.25, 0.3) is 0 Å². The summed E-state index contributed by atoms with van der Waals surface area (Å²) in [4.78, 5) is 12.5. The standard InChI is InChI=1S/C19H20BrNO3/c1-12-9-14(20)10-17(23-2)19(12)21-18(22)11-16-15-6-4-3-5-13(15)7-8-24-16/h3-6,9-10,16H,7-8,11H2,1-2H3,(H,21,22). The molecule has 2 aromatic rings. The molecule has 0 aromatic heterocycles. The topological polar surface area (TPSA) is 47.6 Å². The van der Waals surface area contributed by atoms with E-state index in [0.29, 0.717) is 18.0 Å². The van der Waals surface area contributed by atoms with E-state index in [1.54, 1.807) is 7.11 Å². The summed E-state index contributed by atoms with van der Waals surface area (Å²) in [6.45, 7) is 2.59. The van der Waals surface area contributed by atoms with Gasteiger partial charge >= 0.3 is 0 Å². The van der Waals surface area contributed by atoms with Crippen LogP contribution in [0.2, 0.25) is 0 Å². The second-order valence-electron chi connectivity index (χ2n) is 5.86. The summed E-state index contributed by atoms with van der Waals surface area (Å²) in [6.07, 6.45) is 0.987. The quantitative estimate of drug-likeness (QED) is 0.842. The van der Waals surface area contributed by atoms with Gasteiger partial charge in [-0.2, -0.15) is 0 Å². The number of carbonyl (C=O) groups excluding carboxylic acids is 1. The lowest BCUT2D eigenvalue weighted by Crippen LogP contribution is -2.22. The maximum absolute atomic E-state index is 12.5. The molecule has 3 rings (SSSR count). The minimum Gasteiger partial charge on any atom is -0.495 e. The largest absolute Gasteiger partial charge is 0.495 e. The van der Waals surface area contributed by atoms with E-state index in [-0.39, 0.29) is 18.4 Å². The molecule has 1 atom stereocenters. The molecule has 0 saturated heterocycles. The Morgan fingerprint density at radius 3 is 2.96 bits per heavy atom. The third kappa shape index (κ3) is 3.62. The van der Waals surface area contributed by atoms with E-state index in [4.69, 9.17) is 9.47 Å². The molecule has 1 aliphatic rings. The fourth-order valence-electron chi connectivity index (χ4n) is 3.04. The molecule has 0 bridgehead atoms. The van der Waals surface area contributed by atoms with Crippen molar-refractivity contribution in [2.75, 3.05) is 19.0 Å². The first-order valence-corrected chi connectivity index (χ1v) is 8.71. The van der Waals surface area contributed by atoms with Crippen molar-refractivity contribution < 1.29 is 14.3 Å². The minimum absolute atomic E-state index is 0.0829. The Bertz CT molecular complexity index is 760. The number of carbonyl (C=O) groups is 1. The molecule has 1 heterocycles. The highest BCUT2D eigenvalue weighted by Gasteiger charge is 2.23. The Kier molecular flexibility index (Phi) is 5.21. The lowest BCUT2D eigenvalue weighted by atomic mass is 9.95. The van der Waals surface area contributed by atoms with Crippen LogP contribution in [-0.2, 0) is 16.0 Å². The van der Waals surface area contributed by atoms with Crippen LogP contribution < -0.4 is 10.1 Å². The van der Waals surface area contributed by atoms with Crippen LogP contribution in [-0.4, -0.2) is 19.6 Å². The summed E-state index contributed by atoms with van der Waals surface area (Å²) >= 11 is 3.44. The molecule has 0 saturated carbocycles. The summed E-state index contributed by atoms with van der Waals surface area (Å²) in [7, 11) is 1.59. The first kappa shape index (κ1) is 17.0. The molecule has 2 aromatic carbocycles. The average molecular weight is 390 g/mol. The lowest BCUT2D eigenvalue weighted by Gasteiger charge is -2.26. The molecule has 5 heteroatoms. The molecule has 0 aliphatic carbocycles. The van der Waals surface area contributed by atoms with Gasteiger partial charge in [0.15, 0.2) is 0 Å². The summed E-state index contributed by atoms with van der Waals surface area (Å²) in [6, 6.07) is 11.9. The van der Waals surface area contributed by atoms with Gasteiger partial charge in [-0.05, 0) is 42.2 Å². The number of methoxy groups -OCH3 is 1. The minimum atomic E-state index is -0.198. The van der Waals surface area contributed by atoms with E-state index in [9.17, 15) is 4.79 Å². The van der Waals surface area contributed by atoms with Gasteiger partial charge < -0.3 is 14.8 Å². The van der Waals surface area contributed by atoms with Crippen LogP contribution in [0.15, 0.2) is 40.9 Å². The van der Waals surface area contributed by atoms with Crippen LogP contribution in [0, 0.1) is 6.92 Å². The number of fused-ring (bicyclic) bond motifs is 1. The van der Waals surface area contributed by atoms with Crippen molar-refractivity contribution in [2.45, 2.75) is 25.9 Å². The summed E-state index contributed by atoms with van der Waals surface area (Å²) in [5.74, 6) is 0.556. The Hall–Kier alpha value is -1.85. The molecule has 0 spiro atoms. The van der Waals surface area contributed by atoms with Crippen LogP contribution >= 0.6 is 15.9 Å². The van der Waals surface area contributed by atoms with Crippen LogP contribution in [0.5, 0.6) is 5.75 Å². The van der Waals surface area contributed by atoms with Gasteiger partial charge in [-0.25, -0.2) is 0 Å². The molecular weight excluding hydrogens is 370 g/mol. The fraction of sp³-hybridized carbons (Fsp3) is 0.316. The zero-order valence-electron chi connectivity index (χ0n) is 13.8. The molecule has 4 nitrogen and oxygen atoms in total. The number of halogens is 1. The van der Waals surface area contributed by atoms with E-state index in [1.165, 1.54) is 5.56 Å². The Labute approximate surface area is 150 Å². The molecule has 24 heavy (non-hydrogen) atoms. The highest BCUT2D eigenvalue weighted by molar-refractivity contribution is 9.10. The fourth-order valence-corrected chi connectivity index (χ4v) is 3.59. The summed E-state index contributed by atoms with van der Waals surface area (Å²) < 4.78 is 12.1. The van der Waals surface area contributed by atoms with Crippen molar-refractivity contribution in [3.8, 4) is 5.75 Å². The van der Waals surface area contributed by atoms with Gasteiger partial charge in [-0.1, -0.05) is 40.2 Å². The molecule has 1 unspecified atom stereocenters. The molecular formula is C19H20BrNO3. The van der Waals surface area contributed by atoms with E-state index in [2.05, 4.69) is 27.3 Å². The predicted octanol–water partition coefficient (Wildman–Crippen LogP) is 4.41. The third-order valence-electron chi connectivity index (χ3n) is 4.21. The maximum atomic E-state index is 12.5. The van der Waals surface area contributed by atoms with E-state index >= 15 is 0 Å². The highest BCUT2D eigenvalue weighted by atomic mass is 79.9. The first-order chi connectivity index (χ1) is 11.6. The number of ether oxygens (including phenoxy) is 2. The number of amides is 1. The molecule has 1 N–H and O–H groups in total. The van der Waals surface area contributed by atoms with Gasteiger partial charge in [-0.3, -0.25) is 4.79 Å². The Morgan fingerprint density at radius 1 is 1.38 bits per heavy atom. The van der Waals surface area contributed by atoms with Gasteiger partial charge in [0.05, 0.1) is 31.9 Å². The second-order valence-corrected chi connectivity index (χ2v) is 6.78. The van der Waals surface area contributed by atoms with Crippen molar-refractivity contribution in [1.82, 2.24) is 0 Å². The number of anilines is 1. The predicted molar refractivity (Wildman–Crippen MR) is 97.5 cm³/mol. The molecule has 1 amide bonds. The summed E-state index contributed by atoms with van der Waals surface area (Å²) in [5.41, 5.74) is 4.02. The van der Waals surface area contributed by atoms with Crippen LogP contribution in [0.4, 0.5) is 5.69 Å². The number of benzene rings is 2. The van der Waals surface area contributed by atoms with Crippen LogP contribution in [0.1, 0.15) is 29.2 Å². The highest BCUT2D eigenvalue weighted by Crippen LogP contribution is 2.34. The molecule has 1 aliphatic heterocycles. The van der Waals surface area contributed by atoms with Gasteiger partial charge in [-0.15, -0.1) is 0 Å². The van der Waals surface area contributed by atoms with Crippen molar-refractivity contribution in [3.63, 3.8) is 0 Å². The normalized spacial score (nSPS) is 16.4. The van der Waals surface area contributed by atoms with Crippen molar-refractivity contribution in [2.24, 2.45) is 0 Å². The van der Waals surface area contributed by atoms with Crippen molar-refractivity contribution in [1.29, 1.82) is 0 Å². The van der Waals surface area contributed by atoms with Crippen LogP contribution in [0.3, 0.4) is 0 Å². The van der Waals surface area contributed by atoms with Gasteiger partial charge in [0.25, 0.3) is 0 Å². The monoisotopic (exact) mass is 389 g/mol. The lowest BCUT2D eigenvalue weighted by molar-refractivity contribution is -0.119. The second kappa shape index (κ2) is 7.36. The number of nitrogens with one attached hydrogen (secondary N) is 1. The zero-order valence-corrected chi connectivity index (χ0v) is 15.4. The molecule has 0 radical (unpaired) electrons. The van der Waals surface area contributed by atoms with Gasteiger partial charge in [0, 0.05) is 4.47 Å². The SMILES string of the molecule is COc1cc(Br)cc(C)c1NC(=O)CC1OCCc2ccccc21. The first-order valence-electron chi connectivity index (χ1n) is 7.92. The number of hydrogen-bond donors (Lipinski definition) is 1. The number of rotatable bonds is 4. The average Bonchev–Trinajstić information content (AvgIpc) is 2.57. The van der Waals surface area contributed by atoms with Crippen molar-refractivity contribution in [3.05, 3.63) is 57.6 Å². The van der Waals surface area contributed by atoms with Crippen molar-refractivity contribution >= 4 is 27.5 Å². The molecule has 126 valence electrons. The zero-order chi connectivity index (χ0) is 17.1. The maximum Gasteiger partial charge on any atom is 0.227 e. The Morgan fingerprint density at radius 2 is 2.17 bits per heavy atom. The third-order valence-corrected chi connectivity index (χ3v) is 4.67. The molecule has 0 fully saturated rings.